The van der Waals surface area contributed by atoms with Crippen molar-refractivity contribution in [2.24, 2.45) is 0 Å². The van der Waals surface area contributed by atoms with E-state index in [-0.39, 0.29) is 6.42 Å². The summed E-state index contributed by atoms with van der Waals surface area (Å²) in [5.74, 6) is -0.820. The number of carboxylic acids is 1. The number of unbranched alkanes of at least 4 members (excludes halogenated alkanes) is 1. The molecule has 0 aromatic heterocycles. The molecule has 1 rings (SSSR count). The maximum atomic E-state index is 12.3. The van der Waals surface area contributed by atoms with Crippen LogP contribution in [0.2, 0.25) is 0 Å². The van der Waals surface area contributed by atoms with Crippen LogP contribution in [0.1, 0.15) is 26.2 Å². The smallest absolute Gasteiger partial charge is 0.304 e. The van der Waals surface area contributed by atoms with E-state index < -0.39 is 16.2 Å². The Balaban J connectivity index is 2.45. The van der Waals surface area contributed by atoms with E-state index in [4.69, 9.17) is 5.11 Å². The van der Waals surface area contributed by atoms with Gasteiger partial charge in [-0.2, -0.15) is 17.0 Å². The molecule has 1 heterocycles. The number of hydrogen-bond donors (Lipinski definition) is 1. The zero-order chi connectivity index (χ0) is 15.2. The molecule has 1 aliphatic rings. The normalized spacial score (nSPS) is 18.6. The Bertz CT molecular complexity index is 405. The SMILES string of the molecule is CCCCN(C)S(=O)(=O)N1CCN(CCC(=O)O)CC1. The molecule has 1 fully saturated rings. The highest BCUT2D eigenvalue weighted by atomic mass is 32.2. The molecule has 7 nitrogen and oxygen atoms in total. The predicted octanol–water partition coefficient (Wildman–Crippen LogP) is 0.0554. The van der Waals surface area contributed by atoms with Crippen LogP contribution in [0.25, 0.3) is 0 Å². The molecule has 0 unspecified atom stereocenters. The Hall–Kier alpha value is -0.700. The molecule has 0 radical (unpaired) electrons. The highest BCUT2D eigenvalue weighted by molar-refractivity contribution is 7.86. The van der Waals surface area contributed by atoms with Crippen molar-refractivity contribution in [1.82, 2.24) is 13.5 Å². The molecular formula is C12H25N3O4S. The summed E-state index contributed by atoms with van der Waals surface area (Å²) in [6, 6.07) is 0. The van der Waals surface area contributed by atoms with Gasteiger partial charge in [0.25, 0.3) is 10.2 Å². The van der Waals surface area contributed by atoms with Gasteiger partial charge in [0.1, 0.15) is 0 Å². The minimum atomic E-state index is -3.37. The second-order valence-electron chi connectivity index (χ2n) is 5.07. The van der Waals surface area contributed by atoms with Gasteiger partial charge in [0.15, 0.2) is 0 Å². The quantitative estimate of drug-likeness (QED) is 0.685. The summed E-state index contributed by atoms with van der Waals surface area (Å²) in [7, 11) is -1.75. The van der Waals surface area contributed by atoms with Gasteiger partial charge in [-0.25, -0.2) is 0 Å². The second-order valence-corrected chi connectivity index (χ2v) is 7.10. The number of aliphatic carboxylic acids is 1. The Morgan fingerprint density at radius 1 is 1.25 bits per heavy atom. The maximum absolute atomic E-state index is 12.3. The number of rotatable bonds is 8. The fourth-order valence-electron chi connectivity index (χ4n) is 2.13. The first-order valence-corrected chi connectivity index (χ1v) is 8.43. The molecule has 0 amide bonds. The average molecular weight is 307 g/mol. The van der Waals surface area contributed by atoms with Crippen molar-refractivity contribution in [3.63, 3.8) is 0 Å². The fourth-order valence-corrected chi connectivity index (χ4v) is 3.51. The Kier molecular flexibility index (Phi) is 6.87. The maximum Gasteiger partial charge on any atom is 0.304 e. The van der Waals surface area contributed by atoms with Gasteiger partial charge in [-0.05, 0) is 6.42 Å². The van der Waals surface area contributed by atoms with E-state index >= 15 is 0 Å². The first kappa shape index (κ1) is 17.4. The van der Waals surface area contributed by atoms with Crippen LogP contribution in [-0.4, -0.2) is 79.3 Å². The molecule has 8 heteroatoms. The Labute approximate surface area is 121 Å². The molecule has 0 aromatic rings. The van der Waals surface area contributed by atoms with Crippen LogP contribution in [0.4, 0.5) is 0 Å². The molecule has 118 valence electrons. The van der Waals surface area contributed by atoms with Gasteiger partial charge in [-0.1, -0.05) is 13.3 Å². The standard InChI is InChI=1S/C12H25N3O4S/c1-3-4-6-13(2)20(18,19)15-10-8-14(9-11-15)7-5-12(16)17/h3-11H2,1-2H3,(H,16,17). The zero-order valence-electron chi connectivity index (χ0n) is 12.3. The van der Waals surface area contributed by atoms with Gasteiger partial charge in [-0.3, -0.25) is 4.79 Å². The van der Waals surface area contributed by atoms with Crippen LogP contribution in [0, 0.1) is 0 Å². The molecule has 0 saturated carbocycles. The average Bonchev–Trinajstić information content (AvgIpc) is 2.42. The Morgan fingerprint density at radius 2 is 1.85 bits per heavy atom. The topological polar surface area (TPSA) is 81.2 Å². The molecule has 0 spiro atoms. The van der Waals surface area contributed by atoms with E-state index in [0.29, 0.717) is 39.3 Å². The minimum absolute atomic E-state index is 0.100. The van der Waals surface area contributed by atoms with Crippen molar-refractivity contribution in [3.05, 3.63) is 0 Å². The lowest BCUT2D eigenvalue weighted by Crippen LogP contribution is -2.52. The molecule has 0 aliphatic carbocycles. The minimum Gasteiger partial charge on any atom is -0.481 e. The van der Waals surface area contributed by atoms with Crippen LogP contribution >= 0.6 is 0 Å². The lowest BCUT2D eigenvalue weighted by Gasteiger charge is -2.35. The molecule has 0 atom stereocenters. The summed E-state index contributed by atoms with van der Waals surface area (Å²) in [5.41, 5.74) is 0. The molecule has 0 bridgehead atoms. The van der Waals surface area contributed by atoms with Gasteiger partial charge >= 0.3 is 5.97 Å². The van der Waals surface area contributed by atoms with E-state index in [1.807, 2.05) is 11.8 Å². The number of nitrogens with zero attached hydrogens (tertiary/aromatic N) is 3. The fraction of sp³-hybridized carbons (Fsp3) is 0.917. The van der Waals surface area contributed by atoms with Crippen LogP contribution in [-0.2, 0) is 15.0 Å². The van der Waals surface area contributed by atoms with Gasteiger partial charge in [0.2, 0.25) is 0 Å². The third-order valence-corrected chi connectivity index (χ3v) is 5.51. The highest BCUT2D eigenvalue weighted by Gasteiger charge is 2.29. The summed E-state index contributed by atoms with van der Waals surface area (Å²) >= 11 is 0. The van der Waals surface area contributed by atoms with E-state index in [2.05, 4.69) is 0 Å². The molecule has 1 saturated heterocycles. The van der Waals surface area contributed by atoms with E-state index in [0.717, 1.165) is 12.8 Å². The molecule has 20 heavy (non-hydrogen) atoms. The summed E-state index contributed by atoms with van der Waals surface area (Å²) < 4.78 is 27.5. The molecule has 0 aromatic carbocycles. The van der Waals surface area contributed by atoms with Crippen molar-refractivity contribution < 1.29 is 18.3 Å². The lowest BCUT2D eigenvalue weighted by atomic mass is 10.3. The van der Waals surface area contributed by atoms with Crippen molar-refractivity contribution in [2.75, 3.05) is 46.3 Å². The van der Waals surface area contributed by atoms with E-state index in [1.165, 1.54) is 8.61 Å². The third-order valence-electron chi connectivity index (χ3n) is 3.52. The summed E-state index contributed by atoms with van der Waals surface area (Å²) in [6.07, 6.45) is 1.92. The first-order chi connectivity index (χ1) is 9.37. The summed E-state index contributed by atoms with van der Waals surface area (Å²) in [5, 5.41) is 8.64. The van der Waals surface area contributed by atoms with Gasteiger partial charge < -0.3 is 10.0 Å². The summed E-state index contributed by atoms with van der Waals surface area (Å²) in [6.45, 7) is 5.09. The molecule has 1 aliphatic heterocycles. The zero-order valence-corrected chi connectivity index (χ0v) is 13.1. The molecular weight excluding hydrogens is 282 g/mol. The second kappa shape index (κ2) is 7.92. The van der Waals surface area contributed by atoms with Crippen LogP contribution < -0.4 is 0 Å². The Morgan fingerprint density at radius 3 is 2.35 bits per heavy atom. The van der Waals surface area contributed by atoms with Crippen molar-refractivity contribution in [3.8, 4) is 0 Å². The van der Waals surface area contributed by atoms with E-state index in [1.54, 1.807) is 7.05 Å². The molecule has 1 N–H and O–H groups in total. The number of hydrogen-bond acceptors (Lipinski definition) is 4. The van der Waals surface area contributed by atoms with E-state index in [9.17, 15) is 13.2 Å². The van der Waals surface area contributed by atoms with Crippen LogP contribution in [0.3, 0.4) is 0 Å². The summed E-state index contributed by atoms with van der Waals surface area (Å²) in [4.78, 5) is 12.5. The number of carboxylic acid groups (broad SMARTS) is 1. The number of piperazine rings is 1. The van der Waals surface area contributed by atoms with Crippen LogP contribution in [0.5, 0.6) is 0 Å². The lowest BCUT2D eigenvalue weighted by molar-refractivity contribution is -0.137. The van der Waals surface area contributed by atoms with Crippen LogP contribution in [0.15, 0.2) is 0 Å². The van der Waals surface area contributed by atoms with Crippen molar-refractivity contribution >= 4 is 16.2 Å². The monoisotopic (exact) mass is 307 g/mol. The van der Waals surface area contributed by atoms with Gasteiger partial charge in [-0.15, -0.1) is 0 Å². The number of carbonyl (C=O) groups is 1. The van der Waals surface area contributed by atoms with Crippen molar-refractivity contribution in [2.45, 2.75) is 26.2 Å². The third kappa shape index (κ3) is 5.01. The first-order valence-electron chi connectivity index (χ1n) is 7.03. The van der Waals surface area contributed by atoms with Gasteiger partial charge in [0.05, 0.1) is 6.42 Å². The van der Waals surface area contributed by atoms with Crippen molar-refractivity contribution in [1.29, 1.82) is 0 Å². The highest BCUT2D eigenvalue weighted by Crippen LogP contribution is 2.12. The largest absolute Gasteiger partial charge is 0.481 e. The predicted molar refractivity (Wildman–Crippen MR) is 76.7 cm³/mol. The van der Waals surface area contributed by atoms with Gasteiger partial charge in [0, 0.05) is 46.3 Å².